The number of hydrogen-bond acceptors (Lipinski definition) is 32. The number of Topliss-reactive ketones (excluding diaryl/α,β-unsaturated/α-hetero) is 1. The van der Waals surface area contributed by atoms with Crippen LogP contribution in [-0.2, 0) is 94.5 Å². The van der Waals surface area contributed by atoms with Gasteiger partial charge in [0, 0.05) is 26.7 Å². The minimum atomic E-state index is -4.21. The van der Waals surface area contributed by atoms with Gasteiger partial charge in [0.1, 0.15) is 102 Å². The zero-order valence-corrected chi connectivity index (χ0v) is 62.7. The monoisotopic (exact) mass is 1570 g/mol. The molecule has 5 aliphatic heterocycles. The molecule has 18 N–H and O–H groups in total. The number of carboxylic acid groups (broad SMARTS) is 2. The summed E-state index contributed by atoms with van der Waals surface area (Å²) in [5, 5.41) is 149. The van der Waals surface area contributed by atoms with Crippen molar-refractivity contribution in [2.45, 2.75) is 286 Å². The number of aliphatic hydroxyl groups is 11. The number of carbonyl (C=O) groups excluding carboxylic acids is 5. The average Bonchev–Trinajstić information content (AvgIpc) is 0.829. The summed E-state index contributed by atoms with van der Waals surface area (Å²) in [5.74, 6) is -7.92. The average molecular weight is 1570 g/mol. The van der Waals surface area contributed by atoms with Gasteiger partial charge in [0.15, 0.2) is 67.8 Å². The van der Waals surface area contributed by atoms with E-state index in [2.05, 4.69) is 81.5 Å². The Bertz CT molecular complexity index is 3290. The molecule has 4 amide bonds. The van der Waals surface area contributed by atoms with E-state index in [1.165, 1.54) is 18.1 Å². The molecule has 0 aromatic heterocycles. The third-order valence-corrected chi connectivity index (χ3v) is 19.6. The predicted octanol–water partition coefficient (Wildman–Crippen LogP) is -1.14. The summed E-state index contributed by atoms with van der Waals surface area (Å²) in [4.78, 5) is 90.1. The second-order valence-electron chi connectivity index (χ2n) is 28.6. The molecule has 38 nitrogen and oxygen atoms in total. The Labute approximate surface area is 623 Å². The molecular formula is C69H107N4O34P. The molecule has 0 aromatic carbocycles. The standard InChI is InChI=1S/C69H107N4O34P/c1-30(2)15-14-17-31(3)18-19-33(5)22-25-68(9,10)24-13-12-16-32(4)23-26-95-41(60(88)89)29-97-108(94)107-66-56(57(106-67(70)92)69(11,93)58(105-66)61(90)91)104-63-44(72-36(8)76)47(81)54(40(100-63)28-96-64-51(85)48(82)45(79)39(27-74)99-64)102-62-43(71-35(7)75)46(80)53(34(6)98-62)101-65-52(86)49(83)50(84)55(103-65)59(87)73-42-37(77)20-21-38(42)78/h13,15,18,23-24,34,39-41,43-58,62-66,74,77,79-86,93,108H,5,12,14,16-17,19-22,25-29H2,1-4,6-11H3,(H2,70,92)(H,71,75)(H,72,76)(H,73,87)(H,88,89)(H,90,91)/b24-13+,31-18+,32-23+/t34-,39-,40-,41+,43-,44-,45-,46-,47-,48+,49+,50-,51-,52-,53-,54-,55+,56-,57-,58-,62+,63+,64-,65-,66-,69+/m1/s1. The number of rotatable bonds is 37. The van der Waals surface area contributed by atoms with Crippen molar-refractivity contribution in [3.63, 3.8) is 0 Å². The minimum absolute atomic E-state index is 0.123. The normalized spacial score (nSPS) is 35.5. The first-order valence-electron chi connectivity index (χ1n) is 35.2. The van der Waals surface area contributed by atoms with Crippen LogP contribution in [0.1, 0.15) is 127 Å². The van der Waals surface area contributed by atoms with Gasteiger partial charge >= 0.3 is 26.3 Å². The molecule has 0 bridgehead atoms. The number of carboxylic acids is 2. The van der Waals surface area contributed by atoms with Gasteiger partial charge in [0.05, 0.1) is 32.5 Å². The van der Waals surface area contributed by atoms with Gasteiger partial charge in [-0.2, -0.15) is 0 Å². The highest BCUT2D eigenvalue weighted by molar-refractivity contribution is 7.33. The smallest absolute Gasteiger partial charge is 0.404 e. The molecule has 0 radical (unpaired) electrons. The zero-order chi connectivity index (χ0) is 80.6. The molecule has 0 aromatic rings. The van der Waals surface area contributed by atoms with E-state index in [0.717, 1.165) is 64.0 Å². The molecule has 0 spiro atoms. The third-order valence-electron chi connectivity index (χ3n) is 18.8. The number of nitrogens with one attached hydrogen (secondary N) is 3. The van der Waals surface area contributed by atoms with E-state index in [1.807, 2.05) is 6.92 Å². The van der Waals surface area contributed by atoms with Crippen molar-refractivity contribution in [3.8, 4) is 0 Å². The Balaban J connectivity index is 1.23. The van der Waals surface area contributed by atoms with Crippen LogP contribution < -0.4 is 21.7 Å². The molecule has 6 aliphatic rings. The summed E-state index contributed by atoms with van der Waals surface area (Å²) < 4.78 is 89.2. The van der Waals surface area contributed by atoms with Crippen molar-refractivity contribution in [2.24, 2.45) is 11.1 Å². The number of primary amides is 1. The number of ketones is 1. The van der Waals surface area contributed by atoms with E-state index < -0.39 is 240 Å². The Morgan fingerprint density at radius 3 is 1.89 bits per heavy atom. The number of allylic oxidation sites excluding steroid dienone is 10. The van der Waals surface area contributed by atoms with Gasteiger partial charge in [0.25, 0.3) is 5.91 Å². The van der Waals surface area contributed by atoms with Crippen LogP contribution in [0.15, 0.2) is 70.7 Å². The molecule has 1 aliphatic carbocycles. The lowest BCUT2D eigenvalue weighted by atomic mass is 9.85. The third kappa shape index (κ3) is 24.9. The van der Waals surface area contributed by atoms with Crippen molar-refractivity contribution >= 4 is 49.8 Å². The van der Waals surface area contributed by atoms with Gasteiger partial charge in [-0.05, 0) is 91.9 Å². The topological polar surface area (TPSA) is 582 Å². The highest BCUT2D eigenvalue weighted by atomic mass is 31.1. The van der Waals surface area contributed by atoms with Gasteiger partial charge in [0.2, 0.25) is 11.8 Å². The Morgan fingerprint density at radius 2 is 1.30 bits per heavy atom. The number of amides is 4. The molecule has 5 saturated heterocycles. The van der Waals surface area contributed by atoms with Crippen LogP contribution in [0.4, 0.5) is 4.79 Å². The maximum atomic E-state index is 13.9. The van der Waals surface area contributed by atoms with Crippen LogP contribution in [0.3, 0.4) is 0 Å². The number of ether oxygens (including phenoxy) is 11. The Morgan fingerprint density at radius 1 is 0.713 bits per heavy atom. The summed E-state index contributed by atoms with van der Waals surface area (Å²) in [7, 11) is -4.21. The number of aliphatic hydroxyl groups excluding tert-OH is 10. The maximum absolute atomic E-state index is 13.9. The quantitative estimate of drug-likeness (QED) is 0.0258. The van der Waals surface area contributed by atoms with Crippen molar-refractivity contribution in [3.05, 3.63) is 70.7 Å². The van der Waals surface area contributed by atoms with E-state index in [1.54, 1.807) is 6.08 Å². The summed E-state index contributed by atoms with van der Waals surface area (Å²) in [6.07, 6.45) is -34.4. The maximum Gasteiger partial charge on any atom is 0.404 e. The van der Waals surface area contributed by atoms with Crippen LogP contribution in [0, 0.1) is 5.41 Å². The minimum Gasteiger partial charge on any atom is -0.510 e. The molecule has 612 valence electrons. The van der Waals surface area contributed by atoms with E-state index in [9.17, 15) is 105 Å². The van der Waals surface area contributed by atoms with E-state index in [-0.39, 0.29) is 24.9 Å². The van der Waals surface area contributed by atoms with E-state index in [0.29, 0.717) is 12.8 Å². The van der Waals surface area contributed by atoms with Crippen molar-refractivity contribution < 1.29 is 166 Å². The number of aliphatic carboxylic acids is 2. The fourth-order valence-electron chi connectivity index (χ4n) is 12.6. The predicted molar refractivity (Wildman–Crippen MR) is 369 cm³/mol. The molecular weight excluding hydrogens is 1460 g/mol. The van der Waals surface area contributed by atoms with Gasteiger partial charge < -0.3 is 145 Å². The summed E-state index contributed by atoms with van der Waals surface area (Å²) in [6.45, 7) is 17.2. The second kappa shape index (κ2) is 40.9. The van der Waals surface area contributed by atoms with Crippen LogP contribution >= 0.6 is 8.25 Å². The fourth-order valence-corrected chi connectivity index (χ4v) is 13.3. The largest absolute Gasteiger partial charge is 0.510 e. The molecule has 27 atom stereocenters. The van der Waals surface area contributed by atoms with Crippen LogP contribution in [0.5, 0.6) is 0 Å². The summed E-state index contributed by atoms with van der Waals surface area (Å²) >= 11 is 0. The van der Waals surface area contributed by atoms with Crippen molar-refractivity contribution in [1.82, 2.24) is 16.0 Å². The van der Waals surface area contributed by atoms with E-state index >= 15 is 0 Å². The highest BCUT2D eigenvalue weighted by Gasteiger charge is 2.62. The Hall–Kier alpha value is -6.12. The van der Waals surface area contributed by atoms with Gasteiger partial charge in [-0.1, -0.05) is 73.1 Å². The van der Waals surface area contributed by atoms with Crippen LogP contribution in [-0.4, -0.2) is 293 Å². The van der Waals surface area contributed by atoms with Crippen LogP contribution in [0.25, 0.3) is 0 Å². The van der Waals surface area contributed by atoms with Crippen molar-refractivity contribution in [2.75, 3.05) is 26.4 Å². The van der Waals surface area contributed by atoms with E-state index in [4.69, 9.17) is 66.9 Å². The number of nitrogens with two attached hydrogens (primary N) is 1. The lowest BCUT2D eigenvalue weighted by Crippen LogP contribution is -2.72. The SMILES string of the molecule is C=C(C/C=C(\C)CCC=C(C)C)CCC(C)(C)/C=C/CC/C(C)=C/CO[C@@H](CO[PH](=O)O[C@H]1O[C@H](C(=O)O)[C@@](C)(O)[C@H](OC(N)=O)[C@H]1O[C@@H]1O[C@H](CO[C@@H]2O[C@H](CO)[C@@H](O)[C@H](O)[C@H]2O)[C@@H](O[C@@H]2O[C@H](C)[C@@H](O[C@@H]3O[C@H](C(=O)NC4=C(O)CCC4=O)[C@H](O)[C@H](O)[C@H]3O)[C@H](O)[C@H]2NC(C)=O)[C@H](O)[C@H]1NC(C)=O)C(=O)O. The first-order valence-corrected chi connectivity index (χ1v) is 36.4. The molecule has 5 heterocycles. The molecule has 6 rings (SSSR count). The van der Waals surface area contributed by atoms with Crippen LogP contribution in [0.2, 0.25) is 0 Å². The second-order valence-corrected chi connectivity index (χ2v) is 29.6. The highest BCUT2D eigenvalue weighted by Crippen LogP contribution is 2.42. The first-order chi connectivity index (χ1) is 50.6. The molecule has 0 saturated carbocycles. The first kappa shape index (κ1) is 90.8. The van der Waals surface area contributed by atoms with Gasteiger partial charge in [-0.3, -0.25) is 28.3 Å². The lowest BCUT2D eigenvalue weighted by molar-refractivity contribution is -0.375. The number of carbonyl (C=O) groups is 7. The molecule has 39 heteroatoms. The molecule has 1 unspecified atom stereocenters. The van der Waals surface area contributed by atoms with Gasteiger partial charge in [-0.15, -0.1) is 0 Å². The summed E-state index contributed by atoms with van der Waals surface area (Å²) in [6, 6.07) is -3.94. The van der Waals surface area contributed by atoms with Gasteiger partial charge in [-0.25, -0.2) is 14.4 Å². The lowest BCUT2D eigenvalue weighted by Gasteiger charge is -2.51. The number of hydrogen-bond donors (Lipinski definition) is 17. The zero-order valence-electron chi connectivity index (χ0n) is 61.7. The molecule has 108 heavy (non-hydrogen) atoms. The summed E-state index contributed by atoms with van der Waals surface area (Å²) in [5.41, 5.74) is 6.43. The van der Waals surface area contributed by atoms with Crippen molar-refractivity contribution in [1.29, 1.82) is 0 Å². The Kier molecular flexibility index (Phi) is 34.4. The molecule has 5 fully saturated rings. The fraction of sp³-hybridized carbons (Fsp3) is 0.725.